The van der Waals surface area contributed by atoms with Crippen LogP contribution in [-0.4, -0.2) is 48.9 Å². The fourth-order valence-electron chi connectivity index (χ4n) is 3.45. The maximum absolute atomic E-state index is 12.4. The van der Waals surface area contributed by atoms with Crippen molar-refractivity contribution in [3.8, 4) is 0 Å². The van der Waals surface area contributed by atoms with Crippen LogP contribution in [0.2, 0.25) is 5.02 Å². The van der Waals surface area contributed by atoms with Gasteiger partial charge in [0.1, 0.15) is 0 Å². The van der Waals surface area contributed by atoms with Crippen molar-refractivity contribution in [2.75, 3.05) is 26.2 Å². The first-order valence-electron chi connectivity index (χ1n) is 9.69. The average molecular weight is 400 g/mol. The molecular formula is C22H26ClN3O2. The molecule has 3 rings (SSSR count). The minimum Gasteiger partial charge on any atom is -0.356 e. The number of halogens is 1. The first-order chi connectivity index (χ1) is 13.6. The maximum Gasteiger partial charge on any atom is 0.237 e. The van der Waals surface area contributed by atoms with Crippen LogP contribution in [0, 0.1) is 0 Å². The van der Waals surface area contributed by atoms with Gasteiger partial charge in [-0.3, -0.25) is 14.5 Å². The predicted octanol–water partition coefficient (Wildman–Crippen LogP) is 2.43. The molecule has 2 N–H and O–H groups in total. The molecule has 0 saturated carbocycles. The molecule has 0 bridgehead atoms. The van der Waals surface area contributed by atoms with Crippen LogP contribution in [0.5, 0.6) is 0 Å². The van der Waals surface area contributed by atoms with Crippen molar-refractivity contribution in [1.82, 2.24) is 15.5 Å². The predicted molar refractivity (Wildman–Crippen MR) is 111 cm³/mol. The van der Waals surface area contributed by atoms with Gasteiger partial charge in [0.05, 0.1) is 12.5 Å². The summed E-state index contributed by atoms with van der Waals surface area (Å²) in [5.41, 5.74) is 2.24. The smallest absolute Gasteiger partial charge is 0.237 e. The molecule has 148 valence electrons. The molecule has 1 atom stereocenters. The fraction of sp³-hybridized carbons (Fsp3) is 0.364. The van der Waals surface area contributed by atoms with Crippen molar-refractivity contribution in [3.63, 3.8) is 0 Å². The van der Waals surface area contributed by atoms with Gasteiger partial charge in [-0.1, -0.05) is 60.1 Å². The molecule has 2 aromatic carbocycles. The van der Waals surface area contributed by atoms with E-state index in [1.54, 1.807) is 0 Å². The molecule has 1 heterocycles. The molecule has 1 unspecified atom stereocenters. The van der Waals surface area contributed by atoms with Crippen LogP contribution in [0.1, 0.15) is 17.5 Å². The highest BCUT2D eigenvalue weighted by Crippen LogP contribution is 2.15. The van der Waals surface area contributed by atoms with E-state index in [4.69, 9.17) is 11.6 Å². The minimum absolute atomic E-state index is 0.0689. The topological polar surface area (TPSA) is 61.4 Å². The molecule has 0 aliphatic carbocycles. The maximum atomic E-state index is 12.4. The van der Waals surface area contributed by atoms with Crippen LogP contribution in [0.25, 0.3) is 0 Å². The molecule has 2 amide bonds. The third-order valence-electron chi connectivity index (χ3n) is 5.03. The highest BCUT2D eigenvalue weighted by Gasteiger charge is 2.31. The van der Waals surface area contributed by atoms with E-state index in [1.165, 1.54) is 5.56 Å². The highest BCUT2D eigenvalue weighted by molar-refractivity contribution is 6.31. The number of rotatable bonds is 8. The summed E-state index contributed by atoms with van der Waals surface area (Å²) in [5.74, 6) is -0.181. The lowest BCUT2D eigenvalue weighted by molar-refractivity contribution is -0.133. The van der Waals surface area contributed by atoms with E-state index >= 15 is 0 Å². The molecule has 0 radical (unpaired) electrons. The van der Waals surface area contributed by atoms with Gasteiger partial charge in [0.25, 0.3) is 0 Å². The number of hydrogen-bond acceptors (Lipinski definition) is 3. The first-order valence-corrected chi connectivity index (χ1v) is 10.1. The van der Waals surface area contributed by atoms with E-state index in [-0.39, 0.29) is 18.2 Å². The summed E-state index contributed by atoms with van der Waals surface area (Å²) in [7, 11) is 0. The Morgan fingerprint density at radius 3 is 2.64 bits per heavy atom. The summed E-state index contributed by atoms with van der Waals surface area (Å²) in [6.45, 7) is 2.64. The Hall–Kier alpha value is -2.37. The van der Waals surface area contributed by atoms with Gasteiger partial charge in [0.2, 0.25) is 11.8 Å². The molecule has 1 aliphatic rings. The van der Waals surface area contributed by atoms with E-state index in [0.29, 0.717) is 24.5 Å². The molecule has 0 aromatic heterocycles. The van der Waals surface area contributed by atoms with Gasteiger partial charge in [-0.15, -0.1) is 0 Å². The highest BCUT2D eigenvalue weighted by atomic mass is 35.5. The fourth-order valence-corrected chi connectivity index (χ4v) is 3.68. The SMILES string of the molecule is O=C(CC1C(=O)NCCN1CCc1ccccc1)NCCc1ccccc1Cl. The minimum atomic E-state index is -0.419. The summed E-state index contributed by atoms with van der Waals surface area (Å²) >= 11 is 6.15. The average Bonchev–Trinajstić information content (AvgIpc) is 2.71. The normalized spacial score (nSPS) is 17.2. The second kappa shape index (κ2) is 10.2. The second-order valence-electron chi connectivity index (χ2n) is 6.97. The van der Waals surface area contributed by atoms with Crippen LogP contribution in [-0.2, 0) is 22.4 Å². The summed E-state index contributed by atoms with van der Waals surface area (Å²) in [6.07, 6.45) is 1.70. The number of amides is 2. The largest absolute Gasteiger partial charge is 0.356 e. The summed E-state index contributed by atoms with van der Waals surface area (Å²) < 4.78 is 0. The zero-order valence-electron chi connectivity index (χ0n) is 15.9. The number of carbonyl (C=O) groups excluding carboxylic acids is 2. The van der Waals surface area contributed by atoms with E-state index in [0.717, 1.165) is 25.1 Å². The lowest BCUT2D eigenvalue weighted by Gasteiger charge is -2.34. The number of piperazine rings is 1. The molecule has 1 fully saturated rings. The molecule has 2 aromatic rings. The number of hydrogen-bond donors (Lipinski definition) is 2. The molecular weight excluding hydrogens is 374 g/mol. The van der Waals surface area contributed by atoms with Crippen LogP contribution in [0.3, 0.4) is 0 Å². The van der Waals surface area contributed by atoms with E-state index in [2.05, 4.69) is 27.7 Å². The number of nitrogens with zero attached hydrogens (tertiary/aromatic N) is 1. The number of carbonyl (C=O) groups is 2. The van der Waals surface area contributed by atoms with Crippen LogP contribution >= 0.6 is 11.6 Å². The Bertz CT molecular complexity index is 797. The lowest BCUT2D eigenvalue weighted by atomic mass is 10.1. The lowest BCUT2D eigenvalue weighted by Crippen LogP contribution is -2.56. The van der Waals surface area contributed by atoms with Crippen molar-refractivity contribution in [2.24, 2.45) is 0 Å². The van der Waals surface area contributed by atoms with E-state index in [9.17, 15) is 9.59 Å². The molecule has 1 saturated heterocycles. The van der Waals surface area contributed by atoms with Crippen LogP contribution < -0.4 is 10.6 Å². The number of nitrogens with one attached hydrogen (secondary N) is 2. The quantitative estimate of drug-likeness (QED) is 0.716. The molecule has 1 aliphatic heterocycles. The molecule has 5 nitrogen and oxygen atoms in total. The Morgan fingerprint density at radius 2 is 1.86 bits per heavy atom. The van der Waals surface area contributed by atoms with Crippen molar-refractivity contribution >= 4 is 23.4 Å². The standard InChI is InChI=1S/C22H26ClN3O2/c23-19-9-5-4-8-18(19)10-12-24-21(27)16-20-22(28)25-13-15-26(20)14-11-17-6-2-1-3-7-17/h1-9,20H,10-16H2,(H,24,27)(H,25,28). The summed E-state index contributed by atoms with van der Waals surface area (Å²) in [5, 5.41) is 6.50. The monoisotopic (exact) mass is 399 g/mol. The second-order valence-corrected chi connectivity index (χ2v) is 7.38. The van der Waals surface area contributed by atoms with Crippen LogP contribution in [0.4, 0.5) is 0 Å². The number of benzene rings is 2. The van der Waals surface area contributed by atoms with Crippen LogP contribution in [0.15, 0.2) is 54.6 Å². The van der Waals surface area contributed by atoms with Gasteiger partial charge in [-0.2, -0.15) is 0 Å². The Kier molecular flexibility index (Phi) is 7.46. The Labute approximate surface area is 171 Å². The van der Waals surface area contributed by atoms with E-state index < -0.39 is 6.04 Å². The van der Waals surface area contributed by atoms with Gasteiger partial charge >= 0.3 is 0 Å². The van der Waals surface area contributed by atoms with Gasteiger partial charge < -0.3 is 10.6 Å². The third kappa shape index (κ3) is 5.81. The van der Waals surface area contributed by atoms with Gasteiger partial charge in [-0.25, -0.2) is 0 Å². The zero-order valence-corrected chi connectivity index (χ0v) is 16.6. The molecule has 6 heteroatoms. The van der Waals surface area contributed by atoms with Crippen molar-refractivity contribution in [1.29, 1.82) is 0 Å². The van der Waals surface area contributed by atoms with E-state index in [1.807, 2.05) is 42.5 Å². The third-order valence-corrected chi connectivity index (χ3v) is 5.39. The summed E-state index contributed by atoms with van der Waals surface area (Å²) in [4.78, 5) is 26.9. The van der Waals surface area contributed by atoms with Gasteiger partial charge in [0.15, 0.2) is 0 Å². The Morgan fingerprint density at radius 1 is 1.11 bits per heavy atom. The molecule has 28 heavy (non-hydrogen) atoms. The Balaban J connectivity index is 1.49. The van der Waals surface area contributed by atoms with Crippen molar-refractivity contribution in [2.45, 2.75) is 25.3 Å². The van der Waals surface area contributed by atoms with Gasteiger partial charge in [-0.05, 0) is 30.0 Å². The molecule has 0 spiro atoms. The zero-order chi connectivity index (χ0) is 19.8. The van der Waals surface area contributed by atoms with Gasteiger partial charge in [0, 0.05) is 31.2 Å². The summed E-state index contributed by atoms with van der Waals surface area (Å²) in [6, 6.07) is 17.4. The first kappa shape index (κ1) is 20.4. The van der Waals surface area contributed by atoms with Crippen molar-refractivity contribution in [3.05, 3.63) is 70.7 Å². The van der Waals surface area contributed by atoms with Crippen molar-refractivity contribution < 1.29 is 9.59 Å².